The third kappa shape index (κ3) is 6.51. The topological polar surface area (TPSA) is 29.0 Å². The van der Waals surface area contributed by atoms with E-state index in [1.54, 1.807) is 0 Å². The third-order valence-corrected chi connectivity index (χ3v) is 10.3. The Bertz CT molecular complexity index is 2570. The van der Waals surface area contributed by atoms with Crippen LogP contribution in [0.4, 0.5) is 17.1 Å². The molecule has 0 bridgehead atoms. The van der Waals surface area contributed by atoms with Crippen LogP contribution in [0.2, 0.25) is 0 Å². The van der Waals surface area contributed by atoms with Crippen LogP contribution in [0, 0.1) is 0 Å². The van der Waals surface area contributed by atoms with Crippen LogP contribution in [-0.4, -0.2) is 8.75 Å². The average Bonchev–Trinajstić information content (AvgIpc) is 3.75. The van der Waals surface area contributed by atoms with E-state index < -0.39 is 0 Å². The maximum atomic E-state index is 4.83. The first-order valence-electron chi connectivity index (χ1n) is 18.1. The second-order valence-corrected chi connectivity index (χ2v) is 13.6. The zero-order valence-electron chi connectivity index (χ0n) is 29.5. The molecule has 256 valence electrons. The number of hydrogen-bond acceptors (Lipinski definition) is 4. The summed E-state index contributed by atoms with van der Waals surface area (Å²) in [6.07, 6.45) is 0. The Kier molecular flexibility index (Phi) is 9.16. The SMILES string of the molecule is c1ccc(C(=C(c2ccccc2)c2ccc(-c3ccc(-c4ccc(N(c5ccccc5)c5ccccc5)cc4)c4nsnc34)cc2)c2ccccc2)cc1. The molecule has 0 aliphatic heterocycles. The Balaban J connectivity index is 1.09. The minimum atomic E-state index is 0.914. The summed E-state index contributed by atoms with van der Waals surface area (Å²) < 4.78 is 9.65. The first-order chi connectivity index (χ1) is 26.8. The molecule has 0 amide bonds. The average molecular weight is 710 g/mol. The van der Waals surface area contributed by atoms with E-state index in [0.717, 1.165) is 55.9 Å². The van der Waals surface area contributed by atoms with Gasteiger partial charge in [-0.05, 0) is 80.9 Å². The van der Waals surface area contributed by atoms with Crippen LogP contribution in [-0.2, 0) is 0 Å². The Hall–Kier alpha value is -6.88. The number of nitrogens with zero attached hydrogens (tertiary/aromatic N) is 3. The van der Waals surface area contributed by atoms with Crippen molar-refractivity contribution in [3.05, 3.63) is 235 Å². The molecule has 0 N–H and O–H groups in total. The van der Waals surface area contributed by atoms with Crippen LogP contribution in [0.3, 0.4) is 0 Å². The molecule has 54 heavy (non-hydrogen) atoms. The maximum absolute atomic E-state index is 4.83. The minimum Gasteiger partial charge on any atom is -0.311 e. The molecule has 0 radical (unpaired) electrons. The summed E-state index contributed by atoms with van der Waals surface area (Å²) in [7, 11) is 0. The lowest BCUT2D eigenvalue weighted by atomic mass is 9.85. The van der Waals surface area contributed by atoms with Crippen LogP contribution in [0.1, 0.15) is 22.3 Å². The zero-order chi connectivity index (χ0) is 36.1. The second kappa shape index (κ2) is 15.0. The van der Waals surface area contributed by atoms with Gasteiger partial charge >= 0.3 is 0 Å². The van der Waals surface area contributed by atoms with Crippen molar-refractivity contribution in [3.8, 4) is 22.3 Å². The quantitative estimate of drug-likeness (QED) is 0.140. The van der Waals surface area contributed by atoms with E-state index in [9.17, 15) is 0 Å². The van der Waals surface area contributed by atoms with Crippen molar-refractivity contribution in [2.45, 2.75) is 0 Å². The van der Waals surface area contributed by atoms with Crippen LogP contribution in [0.15, 0.2) is 212 Å². The lowest BCUT2D eigenvalue weighted by Gasteiger charge is -2.25. The van der Waals surface area contributed by atoms with Crippen molar-refractivity contribution >= 4 is 51.0 Å². The molecule has 9 rings (SSSR count). The van der Waals surface area contributed by atoms with Gasteiger partial charge in [0.1, 0.15) is 11.0 Å². The molecule has 1 aromatic heterocycles. The molecule has 0 spiro atoms. The second-order valence-electron chi connectivity index (χ2n) is 13.1. The molecule has 0 unspecified atom stereocenters. The molecule has 0 aliphatic carbocycles. The Morgan fingerprint density at radius 3 is 1.02 bits per heavy atom. The van der Waals surface area contributed by atoms with Crippen LogP contribution < -0.4 is 4.90 Å². The molecular weight excluding hydrogens is 675 g/mol. The molecule has 0 saturated heterocycles. The maximum Gasteiger partial charge on any atom is 0.113 e. The van der Waals surface area contributed by atoms with E-state index in [1.807, 2.05) is 12.1 Å². The molecule has 0 fully saturated rings. The van der Waals surface area contributed by atoms with Crippen LogP contribution in [0.25, 0.3) is 44.4 Å². The van der Waals surface area contributed by atoms with Crippen LogP contribution in [0.5, 0.6) is 0 Å². The predicted molar refractivity (Wildman–Crippen MR) is 227 cm³/mol. The largest absolute Gasteiger partial charge is 0.311 e. The Morgan fingerprint density at radius 1 is 0.315 bits per heavy atom. The smallest absolute Gasteiger partial charge is 0.113 e. The van der Waals surface area contributed by atoms with Crippen molar-refractivity contribution in [1.82, 2.24) is 8.75 Å². The number of para-hydroxylation sites is 2. The zero-order valence-corrected chi connectivity index (χ0v) is 30.3. The number of aromatic nitrogens is 2. The fourth-order valence-electron chi connectivity index (χ4n) is 7.27. The third-order valence-electron chi connectivity index (χ3n) is 9.80. The molecule has 1 heterocycles. The standard InChI is InChI=1S/C50H35N3S/c1-6-16-38(17-7-1)47(39-18-8-2-9-19-39)48(40-20-10-3-11-21-40)41-28-26-36(27-29-41)45-34-35-46(50-49(45)51-54-52-50)37-30-32-44(33-31-37)53(42-22-12-4-13-23-42)43-24-14-5-15-25-43/h1-35H. The Labute approximate surface area is 320 Å². The van der Waals surface area contributed by atoms with E-state index in [-0.39, 0.29) is 0 Å². The van der Waals surface area contributed by atoms with Gasteiger partial charge in [-0.15, -0.1) is 0 Å². The number of fused-ring (bicyclic) bond motifs is 1. The van der Waals surface area contributed by atoms with Crippen molar-refractivity contribution < 1.29 is 0 Å². The molecule has 4 heteroatoms. The van der Waals surface area contributed by atoms with Gasteiger partial charge in [-0.2, -0.15) is 8.75 Å². The summed E-state index contributed by atoms with van der Waals surface area (Å²) in [6.45, 7) is 0. The molecule has 3 nitrogen and oxygen atoms in total. The highest BCUT2D eigenvalue weighted by molar-refractivity contribution is 7.00. The van der Waals surface area contributed by atoms with Crippen molar-refractivity contribution in [1.29, 1.82) is 0 Å². The minimum absolute atomic E-state index is 0.914. The van der Waals surface area contributed by atoms with Gasteiger partial charge in [-0.1, -0.05) is 176 Å². The lowest BCUT2D eigenvalue weighted by molar-refractivity contribution is 1.28. The number of rotatable bonds is 9. The fourth-order valence-corrected chi connectivity index (χ4v) is 7.84. The monoisotopic (exact) mass is 709 g/mol. The van der Waals surface area contributed by atoms with Gasteiger partial charge in [0.15, 0.2) is 0 Å². The summed E-state index contributed by atoms with van der Waals surface area (Å²) in [6, 6.07) is 75.1. The normalized spacial score (nSPS) is 11.0. The fraction of sp³-hybridized carbons (Fsp3) is 0. The highest BCUT2D eigenvalue weighted by atomic mass is 32.1. The molecule has 0 atom stereocenters. The van der Waals surface area contributed by atoms with Crippen molar-refractivity contribution in [2.75, 3.05) is 4.90 Å². The summed E-state index contributed by atoms with van der Waals surface area (Å²) in [5.74, 6) is 0. The Morgan fingerprint density at radius 2 is 0.630 bits per heavy atom. The van der Waals surface area contributed by atoms with Gasteiger partial charge in [0.05, 0.1) is 11.7 Å². The first kappa shape index (κ1) is 33.0. The van der Waals surface area contributed by atoms with Gasteiger partial charge in [0.2, 0.25) is 0 Å². The van der Waals surface area contributed by atoms with E-state index in [4.69, 9.17) is 8.75 Å². The summed E-state index contributed by atoms with van der Waals surface area (Å²) in [5.41, 5.74) is 16.6. The van der Waals surface area contributed by atoms with Gasteiger partial charge in [-0.25, -0.2) is 0 Å². The molecule has 8 aromatic carbocycles. The van der Waals surface area contributed by atoms with Crippen molar-refractivity contribution in [2.24, 2.45) is 0 Å². The van der Waals surface area contributed by atoms with Gasteiger partial charge in [-0.3, -0.25) is 0 Å². The first-order valence-corrected chi connectivity index (χ1v) is 18.8. The van der Waals surface area contributed by atoms with Gasteiger partial charge < -0.3 is 4.90 Å². The molecule has 9 aromatic rings. The molecular formula is C50H35N3S. The highest BCUT2D eigenvalue weighted by Gasteiger charge is 2.18. The molecule has 0 aliphatic rings. The summed E-state index contributed by atoms with van der Waals surface area (Å²) in [4.78, 5) is 2.28. The van der Waals surface area contributed by atoms with Crippen LogP contribution >= 0.6 is 11.7 Å². The summed E-state index contributed by atoms with van der Waals surface area (Å²) in [5, 5.41) is 0. The van der Waals surface area contributed by atoms with Crippen molar-refractivity contribution in [3.63, 3.8) is 0 Å². The number of benzene rings is 8. The van der Waals surface area contributed by atoms with Gasteiger partial charge in [0, 0.05) is 28.2 Å². The number of hydrogen-bond donors (Lipinski definition) is 0. The van der Waals surface area contributed by atoms with E-state index in [1.165, 1.54) is 39.6 Å². The molecule has 0 saturated carbocycles. The van der Waals surface area contributed by atoms with Gasteiger partial charge in [0.25, 0.3) is 0 Å². The lowest BCUT2D eigenvalue weighted by Crippen LogP contribution is -2.09. The van der Waals surface area contributed by atoms with E-state index in [2.05, 4.69) is 205 Å². The van der Waals surface area contributed by atoms with E-state index >= 15 is 0 Å². The number of anilines is 3. The predicted octanol–water partition coefficient (Wildman–Crippen LogP) is 13.5. The highest BCUT2D eigenvalue weighted by Crippen LogP contribution is 2.40. The summed E-state index contributed by atoms with van der Waals surface area (Å²) >= 11 is 1.26. The van der Waals surface area contributed by atoms with E-state index in [0.29, 0.717) is 0 Å².